The second kappa shape index (κ2) is 9.16. The quantitative estimate of drug-likeness (QED) is 0.285. The molecule has 1 fully saturated rings. The van der Waals surface area contributed by atoms with Gasteiger partial charge in [-0.15, -0.1) is 0 Å². The highest BCUT2D eigenvalue weighted by Gasteiger charge is 2.29. The third-order valence-corrected chi connectivity index (χ3v) is 6.24. The highest BCUT2D eigenvalue weighted by molar-refractivity contribution is 8.60. The lowest BCUT2D eigenvalue weighted by molar-refractivity contribution is 0.0485. The first kappa shape index (κ1) is 20.4. The number of nitriles is 1. The minimum absolute atomic E-state index is 0.216. The van der Waals surface area contributed by atoms with E-state index in [1.165, 1.54) is 0 Å². The molecule has 1 aromatic rings. The number of thiol groups is 1. The molecular weight excluding hydrogens is 377 g/mol. The SMILES string of the molecule is CCOP(=S)(S)OCCCOC(=O)c1cc(C#N)c(C)cc1C1CC1. The van der Waals surface area contributed by atoms with Gasteiger partial charge >= 0.3 is 5.97 Å². The van der Waals surface area contributed by atoms with Gasteiger partial charge in [-0.3, -0.25) is 0 Å². The molecule has 1 aliphatic rings. The standard InChI is InChI=1S/C17H22NO4PS2/c1-3-21-23(24,25)22-8-4-7-20-17(19)16-10-14(11-18)12(2)9-15(16)13-5-6-13/h9-10,13H,3-8H2,1-2H3,(H,24,25). The van der Waals surface area contributed by atoms with Crippen LogP contribution in [0.1, 0.15) is 59.2 Å². The molecule has 0 radical (unpaired) electrons. The van der Waals surface area contributed by atoms with Crippen molar-refractivity contribution in [3.05, 3.63) is 34.4 Å². The van der Waals surface area contributed by atoms with E-state index in [9.17, 15) is 10.1 Å². The lowest BCUT2D eigenvalue weighted by Gasteiger charge is -2.15. The van der Waals surface area contributed by atoms with E-state index in [0.29, 0.717) is 36.7 Å². The fourth-order valence-corrected chi connectivity index (χ4v) is 4.33. The first-order chi connectivity index (χ1) is 11.9. The second-order valence-electron chi connectivity index (χ2n) is 5.85. The number of rotatable bonds is 9. The molecule has 0 aliphatic heterocycles. The van der Waals surface area contributed by atoms with Gasteiger partial charge in [-0.05, 0) is 61.6 Å². The molecule has 0 aromatic heterocycles. The van der Waals surface area contributed by atoms with E-state index in [1.807, 2.05) is 19.9 Å². The van der Waals surface area contributed by atoms with Gasteiger partial charge in [0.05, 0.1) is 37.0 Å². The molecule has 0 bridgehead atoms. The molecule has 0 spiro atoms. The summed E-state index contributed by atoms with van der Waals surface area (Å²) >= 11 is 9.29. The Bertz CT molecular complexity index is 728. The first-order valence-corrected chi connectivity index (χ1v) is 12.0. The number of nitrogens with zero attached hydrogens (tertiary/aromatic N) is 1. The molecular formula is C17H22NO4PS2. The first-order valence-electron chi connectivity index (χ1n) is 8.21. The molecule has 1 atom stereocenters. The third kappa shape index (κ3) is 6.09. The van der Waals surface area contributed by atoms with Crippen molar-refractivity contribution in [3.63, 3.8) is 0 Å². The topological polar surface area (TPSA) is 68.6 Å². The molecule has 5 nitrogen and oxygen atoms in total. The van der Waals surface area contributed by atoms with Gasteiger partial charge in [-0.1, -0.05) is 18.3 Å². The maximum Gasteiger partial charge on any atom is 0.338 e. The number of aryl methyl sites for hydroxylation is 1. The normalized spacial score (nSPS) is 16.1. The van der Waals surface area contributed by atoms with Crippen LogP contribution in [0.25, 0.3) is 0 Å². The van der Waals surface area contributed by atoms with Gasteiger partial charge in [0.1, 0.15) is 0 Å². The van der Waals surface area contributed by atoms with Crippen LogP contribution in [-0.4, -0.2) is 25.8 Å². The van der Waals surface area contributed by atoms with Gasteiger partial charge in [0.2, 0.25) is 5.69 Å². The summed E-state index contributed by atoms with van der Waals surface area (Å²) < 4.78 is 16.0. The third-order valence-electron chi connectivity index (χ3n) is 3.82. The second-order valence-corrected chi connectivity index (χ2v) is 11.1. The van der Waals surface area contributed by atoms with E-state index >= 15 is 0 Å². The van der Waals surface area contributed by atoms with Gasteiger partial charge in [-0.2, -0.15) is 5.26 Å². The summed E-state index contributed by atoms with van der Waals surface area (Å²) in [5.74, 6) is 0.00634. The molecule has 1 aromatic carbocycles. The zero-order valence-corrected chi connectivity index (χ0v) is 17.0. The van der Waals surface area contributed by atoms with Gasteiger partial charge in [0.25, 0.3) is 0 Å². The number of ether oxygens (including phenoxy) is 1. The Balaban J connectivity index is 1.91. The van der Waals surface area contributed by atoms with Crippen molar-refractivity contribution >= 4 is 35.7 Å². The summed E-state index contributed by atoms with van der Waals surface area (Å²) in [6, 6.07) is 5.71. The van der Waals surface area contributed by atoms with Crippen LogP contribution in [0, 0.1) is 18.3 Å². The summed E-state index contributed by atoms with van der Waals surface area (Å²) in [4.78, 5) is 12.4. The Morgan fingerprint density at radius 3 is 2.72 bits per heavy atom. The van der Waals surface area contributed by atoms with E-state index in [1.54, 1.807) is 6.07 Å². The van der Waals surface area contributed by atoms with E-state index in [-0.39, 0.29) is 6.61 Å². The highest BCUT2D eigenvalue weighted by atomic mass is 32.9. The van der Waals surface area contributed by atoms with Crippen LogP contribution in [0.15, 0.2) is 12.1 Å². The van der Waals surface area contributed by atoms with Crippen LogP contribution in [0.3, 0.4) is 0 Å². The fraction of sp³-hybridized carbons (Fsp3) is 0.529. The van der Waals surface area contributed by atoms with E-state index in [4.69, 9.17) is 25.6 Å². The molecule has 2 rings (SSSR count). The Hall–Kier alpha value is -0.900. The van der Waals surface area contributed by atoms with E-state index in [2.05, 4.69) is 18.3 Å². The molecule has 25 heavy (non-hydrogen) atoms. The minimum Gasteiger partial charge on any atom is -0.462 e. The number of esters is 1. The largest absolute Gasteiger partial charge is 0.462 e. The zero-order chi connectivity index (χ0) is 18.4. The van der Waals surface area contributed by atoms with Crippen molar-refractivity contribution < 1.29 is 18.6 Å². The van der Waals surface area contributed by atoms with Crippen LogP contribution in [0.4, 0.5) is 0 Å². The molecule has 1 saturated carbocycles. The van der Waals surface area contributed by atoms with Gasteiger partial charge in [0, 0.05) is 6.42 Å². The summed E-state index contributed by atoms with van der Waals surface area (Å²) in [5.41, 5.74) is 0.393. The number of carbonyl (C=O) groups excluding carboxylic acids is 1. The Kier molecular flexibility index (Phi) is 7.48. The van der Waals surface area contributed by atoms with Crippen molar-refractivity contribution in [1.82, 2.24) is 0 Å². The van der Waals surface area contributed by atoms with Crippen molar-refractivity contribution in [2.24, 2.45) is 0 Å². The Morgan fingerprint density at radius 2 is 2.12 bits per heavy atom. The van der Waals surface area contributed by atoms with E-state index in [0.717, 1.165) is 24.0 Å². The average molecular weight is 399 g/mol. The summed E-state index contributed by atoms with van der Waals surface area (Å²) in [5, 5.41) is 9.19. The maximum atomic E-state index is 12.4. The number of hydrogen-bond donors (Lipinski definition) is 1. The predicted molar refractivity (Wildman–Crippen MR) is 104 cm³/mol. The fourth-order valence-electron chi connectivity index (χ4n) is 2.44. The molecule has 1 unspecified atom stereocenters. The van der Waals surface area contributed by atoms with Gasteiger partial charge in [0.15, 0.2) is 0 Å². The summed E-state index contributed by atoms with van der Waals surface area (Å²) in [6.45, 7) is 4.71. The molecule has 1 aliphatic carbocycles. The van der Waals surface area contributed by atoms with Gasteiger partial charge < -0.3 is 13.8 Å². The highest BCUT2D eigenvalue weighted by Crippen LogP contribution is 2.53. The van der Waals surface area contributed by atoms with Crippen LogP contribution < -0.4 is 0 Å². The van der Waals surface area contributed by atoms with Gasteiger partial charge in [-0.25, -0.2) is 4.79 Å². The summed E-state index contributed by atoms with van der Waals surface area (Å²) in [6.07, 6.45) is 2.65. The number of hydrogen-bond acceptors (Lipinski definition) is 6. The van der Waals surface area contributed by atoms with Crippen molar-refractivity contribution in [2.45, 2.75) is 39.0 Å². The lowest BCUT2D eigenvalue weighted by Crippen LogP contribution is -2.11. The molecule has 0 heterocycles. The van der Waals surface area contributed by atoms with Crippen LogP contribution in [0.2, 0.25) is 0 Å². The number of benzene rings is 1. The van der Waals surface area contributed by atoms with Crippen LogP contribution >= 0.6 is 17.9 Å². The van der Waals surface area contributed by atoms with Crippen molar-refractivity contribution in [1.29, 1.82) is 5.26 Å². The monoisotopic (exact) mass is 399 g/mol. The smallest absolute Gasteiger partial charge is 0.338 e. The average Bonchev–Trinajstić information content (AvgIpc) is 3.38. The van der Waals surface area contributed by atoms with Crippen molar-refractivity contribution in [3.8, 4) is 6.07 Å². The molecule has 0 amide bonds. The minimum atomic E-state index is -2.49. The molecule has 136 valence electrons. The van der Waals surface area contributed by atoms with Crippen LogP contribution in [-0.2, 0) is 25.6 Å². The molecule has 0 N–H and O–H groups in total. The maximum absolute atomic E-state index is 12.4. The summed E-state index contributed by atoms with van der Waals surface area (Å²) in [7, 11) is 0. The van der Waals surface area contributed by atoms with E-state index < -0.39 is 11.7 Å². The lowest BCUT2D eigenvalue weighted by atomic mass is 9.97. The predicted octanol–water partition coefficient (Wildman–Crippen LogP) is 4.50. The number of carbonyl (C=O) groups is 1. The van der Waals surface area contributed by atoms with Crippen molar-refractivity contribution in [2.75, 3.05) is 19.8 Å². The Labute approximate surface area is 159 Å². The molecule has 0 saturated heterocycles. The Morgan fingerprint density at radius 1 is 1.40 bits per heavy atom. The van der Waals surface area contributed by atoms with Crippen LogP contribution in [0.5, 0.6) is 0 Å². The molecule has 8 heteroatoms. The zero-order valence-electron chi connectivity index (χ0n) is 14.4.